The second-order valence-corrected chi connectivity index (χ2v) is 6.12. The van der Waals surface area contributed by atoms with E-state index in [9.17, 15) is 4.79 Å². The van der Waals surface area contributed by atoms with Gasteiger partial charge in [-0.15, -0.1) is 11.3 Å². The van der Waals surface area contributed by atoms with Crippen LogP contribution in [0.15, 0.2) is 54.6 Å². The van der Waals surface area contributed by atoms with Crippen LogP contribution in [0.4, 0.5) is 0 Å². The molecule has 1 heterocycles. The predicted octanol–water partition coefficient (Wildman–Crippen LogP) is 4.71. The Bertz CT molecular complexity index is 808. The van der Waals surface area contributed by atoms with Crippen molar-refractivity contribution in [2.45, 2.75) is 6.61 Å². The topological polar surface area (TPSA) is 39.2 Å². The molecule has 0 fully saturated rings. The summed E-state index contributed by atoms with van der Waals surface area (Å²) in [7, 11) is 0. The highest BCUT2D eigenvalue weighted by Crippen LogP contribution is 2.22. The first kappa shape index (κ1) is 14.8. The van der Waals surface area contributed by atoms with Gasteiger partial charge in [-0.3, -0.25) is 0 Å². The maximum absolute atomic E-state index is 11.7. The average Bonchev–Trinajstić information content (AvgIpc) is 2.94. The van der Waals surface area contributed by atoms with Gasteiger partial charge in [-0.05, 0) is 35.9 Å². The van der Waals surface area contributed by atoms with E-state index < -0.39 is 5.97 Å². The van der Waals surface area contributed by atoms with Crippen molar-refractivity contribution >= 4 is 45.2 Å². The Balaban J connectivity index is 1.60. The van der Waals surface area contributed by atoms with Gasteiger partial charge in [0.2, 0.25) is 0 Å². The quantitative estimate of drug-likeness (QED) is 0.514. The molecule has 2 aromatic carbocycles. The highest BCUT2D eigenvalue weighted by atomic mass is 35.5. The number of carbonyl (C=O) groups excluding carboxylic acids is 1. The monoisotopic (exact) mass is 329 g/mol. The molecule has 0 saturated heterocycles. The number of halogens is 1. The molecule has 0 unspecified atom stereocenters. The van der Waals surface area contributed by atoms with Crippen LogP contribution >= 0.6 is 22.9 Å². The molecule has 5 heteroatoms. The van der Waals surface area contributed by atoms with Crippen LogP contribution in [0.1, 0.15) is 10.6 Å². The lowest BCUT2D eigenvalue weighted by atomic mass is 10.2. The molecule has 0 aliphatic heterocycles. The molecule has 110 valence electrons. The van der Waals surface area contributed by atoms with E-state index in [0.29, 0.717) is 5.02 Å². The number of ether oxygens (including phenoxy) is 1. The number of hydrogen-bond donors (Lipinski definition) is 0. The molecule has 0 aliphatic carbocycles. The third-order valence-electron chi connectivity index (χ3n) is 2.94. The molecule has 3 nitrogen and oxygen atoms in total. The molecular formula is C17H12ClNO2S. The van der Waals surface area contributed by atoms with Gasteiger partial charge in [-0.1, -0.05) is 35.9 Å². The van der Waals surface area contributed by atoms with E-state index in [1.54, 1.807) is 18.2 Å². The molecule has 0 bridgehead atoms. The van der Waals surface area contributed by atoms with Gasteiger partial charge in [0.1, 0.15) is 11.6 Å². The summed E-state index contributed by atoms with van der Waals surface area (Å²) >= 11 is 7.41. The van der Waals surface area contributed by atoms with Crippen LogP contribution in [-0.2, 0) is 16.1 Å². The lowest BCUT2D eigenvalue weighted by Crippen LogP contribution is -2.00. The van der Waals surface area contributed by atoms with Gasteiger partial charge in [0.05, 0.1) is 10.2 Å². The average molecular weight is 330 g/mol. The van der Waals surface area contributed by atoms with Gasteiger partial charge in [-0.2, -0.15) is 0 Å². The summed E-state index contributed by atoms with van der Waals surface area (Å²) in [6.07, 6.45) is 3.06. The second-order valence-electron chi connectivity index (χ2n) is 4.57. The SMILES string of the molecule is O=C(/C=C/c1cccc(Cl)c1)OCc1nc2ccccc2s1. The van der Waals surface area contributed by atoms with Gasteiger partial charge in [0, 0.05) is 11.1 Å². The second kappa shape index (κ2) is 6.73. The molecule has 0 saturated carbocycles. The Kier molecular flexibility index (Phi) is 4.51. The first-order valence-corrected chi connectivity index (χ1v) is 7.85. The molecule has 0 atom stereocenters. The van der Waals surface area contributed by atoms with E-state index >= 15 is 0 Å². The molecule has 0 amide bonds. The molecule has 0 aliphatic rings. The van der Waals surface area contributed by atoms with E-state index in [-0.39, 0.29) is 6.61 Å². The van der Waals surface area contributed by atoms with Crippen molar-refractivity contribution in [3.63, 3.8) is 0 Å². The molecule has 3 aromatic rings. The number of thiazole rings is 1. The van der Waals surface area contributed by atoms with E-state index in [1.165, 1.54) is 17.4 Å². The number of rotatable bonds is 4. The number of para-hydroxylation sites is 1. The number of aromatic nitrogens is 1. The summed E-state index contributed by atoms with van der Waals surface area (Å²) in [5, 5.41) is 1.41. The number of esters is 1. The zero-order valence-electron chi connectivity index (χ0n) is 11.5. The minimum atomic E-state index is -0.403. The summed E-state index contributed by atoms with van der Waals surface area (Å²) in [6, 6.07) is 15.1. The highest BCUT2D eigenvalue weighted by molar-refractivity contribution is 7.18. The van der Waals surface area contributed by atoms with Crippen LogP contribution in [0.2, 0.25) is 5.02 Å². The van der Waals surface area contributed by atoms with Crippen molar-refractivity contribution in [3.05, 3.63) is 70.2 Å². The summed E-state index contributed by atoms with van der Waals surface area (Å²) in [4.78, 5) is 16.1. The number of carbonyl (C=O) groups is 1. The Morgan fingerprint density at radius 3 is 2.91 bits per heavy atom. The Morgan fingerprint density at radius 2 is 2.09 bits per heavy atom. The van der Waals surface area contributed by atoms with Gasteiger partial charge < -0.3 is 4.74 Å². The summed E-state index contributed by atoms with van der Waals surface area (Å²) in [5.74, 6) is -0.403. The van der Waals surface area contributed by atoms with Crippen molar-refractivity contribution in [3.8, 4) is 0 Å². The van der Waals surface area contributed by atoms with Gasteiger partial charge in [-0.25, -0.2) is 9.78 Å². The largest absolute Gasteiger partial charge is 0.455 e. The molecule has 3 rings (SSSR count). The third-order valence-corrected chi connectivity index (χ3v) is 4.18. The van der Waals surface area contributed by atoms with Crippen molar-refractivity contribution in [1.29, 1.82) is 0 Å². The Labute approximate surface area is 136 Å². The fraction of sp³-hybridized carbons (Fsp3) is 0.0588. The molecule has 22 heavy (non-hydrogen) atoms. The van der Waals surface area contributed by atoms with Crippen molar-refractivity contribution in [1.82, 2.24) is 4.98 Å². The van der Waals surface area contributed by atoms with Gasteiger partial charge in [0.15, 0.2) is 0 Å². The van der Waals surface area contributed by atoms with E-state index in [2.05, 4.69) is 4.98 Å². The first-order chi connectivity index (χ1) is 10.7. The molecule has 1 aromatic heterocycles. The summed E-state index contributed by atoms with van der Waals surface area (Å²) in [6.45, 7) is 0.179. The zero-order chi connectivity index (χ0) is 15.4. The minimum Gasteiger partial charge on any atom is -0.455 e. The van der Waals surface area contributed by atoms with Crippen LogP contribution < -0.4 is 0 Å². The molecule has 0 N–H and O–H groups in total. The first-order valence-electron chi connectivity index (χ1n) is 6.65. The predicted molar refractivity (Wildman–Crippen MR) is 89.9 cm³/mol. The van der Waals surface area contributed by atoms with E-state index in [0.717, 1.165) is 20.8 Å². The fourth-order valence-electron chi connectivity index (χ4n) is 1.94. The van der Waals surface area contributed by atoms with E-state index in [4.69, 9.17) is 16.3 Å². The molecule has 0 spiro atoms. The normalized spacial score (nSPS) is 11.1. The maximum Gasteiger partial charge on any atom is 0.331 e. The van der Waals surface area contributed by atoms with Crippen LogP contribution in [0.25, 0.3) is 16.3 Å². The number of benzene rings is 2. The number of nitrogens with zero attached hydrogens (tertiary/aromatic N) is 1. The Morgan fingerprint density at radius 1 is 1.23 bits per heavy atom. The van der Waals surface area contributed by atoms with Crippen LogP contribution in [0.5, 0.6) is 0 Å². The standard InChI is InChI=1S/C17H12ClNO2S/c18-13-5-3-4-12(10-13)8-9-17(20)21-11-16-19-14-6-1-2-7-15(14)22-16/h1-10H,11H2/b9-8+. The fourth-order valence-corrected chi connectivity index (χ4v) is 3.02. The minimum absolute atomic E-state index is 0.179. The van der Waals surface area contributed by atoms with Gasteiger partial charge in [0.25, 0.3) is 0 Å². The van der Waals surface area contributed by atoms with Gasteiger partial charge >= 0.3 is 5.97 Å². The van der Waals surface area contributed by atoms with Crippen LogP contribution in [0, 0.1) is 0 Å². The lowest BCUT2D eigenvalue weighted by Gasteiger charge is -1.98. The zero-order valence-corrected chi connectivity index (χ0v) is 13.1. The molecular weight excluding hydrogens is 318 g/mol. The maximum atomic E-state index is 11.7. The third kappa shape index (κ3) is 3.72. The number of fused-ring (bicyclic) bond motifs is 1. The van der Waals surface area contributed by atoms with Crippen LogP contribution in [-0.4, -0.2) is 11.0 Å². The Hall–Kier alpha value is -2.17. The highest BCUT2D eigenvalue weighted by Gasteiger charge is 2.05. The number of hydrogen-bond acceptors (Lipinski definition) is 4. The molecule has 0 radical (unpaired) electrons. The summed E-state index contributed by atoms with van der Waals surface area (Å²) in [5.41, 5.74) is 1.78. The van der Waals surface area contributed by atoms with Crippen molar-refractivity contribution in [2.75, 3.05) is 0 Å². The summed E-state index contributed by atoms with van der Waals surface area (Å²) < 4.78 is 6.28. The van der Waals surface area contributed by atoms with Crippen LogP contribution in [0.3, 0.4) is 0 Å². The van der Waals surface area contributed by atoms with E-state index in [1.807, 2.05) is 36.4 Å². The van der Waals surface area contributed by atoms with Crippen molar-refractivity contribution < 1.29 is 9.53 Å². The smallest absolute Gasteiger partial charge is 0.331 e. The lowest BCUT2D eigenvalue weighted by molar-refractivity contribution is -0.138. The van der Waals surface area contributed by atoms with Crippen molar-refractivity contribution in [2.24, 2.45) is 0 Å².